The van der Waals surface area contributed by atoms with Gasteiger partial charge >= 0.3 is 0 Å². The minimum absolute atomic E-state index is 0.115. The van der Waals surface area contributed by atoms with Crippen LogP contribution >= 0.6 is 25.3 Å². The highest BCUT2D eigenvalue weighted by atomic mass is 32.1. The Morgan fingerprint density at radius 1 is 1.09 bits per heavy atom. The van der Waals surface area contributed by atoms with Gasteiger partial charge in [-0.1, -0.05) is 77.7 Å². The van der Waals surface area contributed by atoms with E-state index < -0.39 is 15.4 Å². The highest BCUT2D eigenvalue weighted by molar-refractivity contribution is 7.82. The Morgan fingerprint density at radius 3 is 2.34 bits per heavy atom. The maximum atomic E-state index is 7.74. The van der Waals surface area contributed by atoms with Crippen molar-refractivity contribution >= 4 is 41.0 Å². The van der Waals surface area contributed by atoms with Crippen molar-refractivity contribution in [3.05, 3.63) is 23.3 Å². The maximum absolute atomic E-state index is 7.74. The Hall–Kier alpha value is 0.270. The first-order chi connectivity index (χ1) is 16.1. The lowest BCUT2D eigenvalue weighted by Crippen LogP contribution is -2.68. The molecule has 0 aromatic carbocycles. The molecule has 4 rings (SSSR count). The molecule has 1 nitrogen and oxygen atoms in total. The summed E-state index contributed by atoms with van der Waals surface area (Å²) >= 11 is 11.2. The minimum atomic E-state index is -0.626. The Kier molecular flexibility index (Phi) is 7.20. The van der Waals surface area contributed by atoms with Crippen LogP contribution in [0.3, 0.4) is 0 Å². The predicted octanol–water partition coefficient (Wildman–Crippen LogP) is 7.68. The van der Waals surface area contributed by atoms with Crippen molar-refractivity contribution in [2.24, 2.45) is 34.3 Å². The molecular weight excluding hydrogens is 460 g/mol. The number of nitrogens with two attached hydrogens (primary N) is 1. The summed E-state index contributed by atoms with van der Waals surface area (Å²) in [5.74, 6) is 1.90. The smallest absolute Gasteiger partial charge is 0.0833 e. The van der Waals surface area contributed by atoms with E-state index in [0.717, 1.165) is 44.4 Å². The molecule has 0 aliphatic heterocycles. The van der Waals surface area contributed by atoms with Gasteiger partial charge in [0.1, 0.15) is 0 Å². The second kappa shape index (κ2) is 8.90. The van der Waals surface area contributed by atoms with E-state index in [9.17, 15) is 0 Å². The van der Waals surface area contributed by atoms with E-state index in [1.807, 2.05) is 0 Å². The average Bonchev–Trinajstić information content (AvgIpc) is 2.96. The van der Waals surface area contributed by atoms with Crippen LogP contribution in [0, 0.1) is 28.6 Å². The van der Waals surface area contributed by atoms with E-state index in [2.05, 4.69) is 60.6 Å². The Labute approximate surface area is 230 Å². The van der Waals surface area contributed by atoms with Crippen LogP contribution in [0.1, 0.15) is 106 Å². The number of fused-ring (bicyclic) bond motifs is 5. The number of hydrogen-bond donors (Lipinski definition) is 3. The summed E-state index contributed by atoms with van der Waals surface area (Å²) in [5, 5.41) is -1.11. The average molecular weight is 509 g/mol. The van der Waals surface area contributed by atoms with Crippen LogP contribution in [-0.4, -0.2) is 31.2 Å². The van der Waals surface area contributed by atoms with Gasteiger partial charge in [-0.2, -0.15) is 25.3 Å². The fourth-order valence-corrected chi connectivity index (χ4v) is 10.8. The predicted molar refractivity (Wildman–Crippen MR) is 161 cm³/mol. The van der Waals surface area contributed by atoms with Crippen LogP contribution < -0.4 is 5.73 Å². The monoisotopic (exact) mass is 509 g/mol. The van der Waals surface area contributed by atoms with E-state index in [1.54, 1.807) is 0 Å². The zero-order chi connectivity index (χ0) is 26.2. The van der Waals surface area contributed by atoms with Crippen molar-refractivity contribution in [3.8, 4) is 0 Å². The Bertz CT molecular complexity index is 918. The number of hydrogen-bond acceptors (Lipinski definition) is 3. The molecule has 0 heterocycles. The Balaban J connectivity index is 1.75. The summed E-state index contributed by atoms with van der Waals surface area (Å²) in [6.07, 6.45) is 14.2. The summed E-state index contributed by atoms with van der Waals surface area (Å²) in [4.78, 5) is 0. The normalized spacial score (nSPS) is 48.9. The van der Waals surface area contributed by atoms with Gasteiger partial charge < -0.3 is 5.73 Å². The molecule has 4 aliphatic carbocycles. The van der Waals surface area contributed by atoms with Gasteiger partial charge in [0.05, 0.1) is 15.7 Å². The third-order valence-electron chi connectivity index (χ3n) is 12.2. The first-order valence-corrected chi connectivity index (χ1v) is 15.1. The van der Waals surface area contributed by atoms with Gasteiger partial charge in [0.25, 0.3) is 0 Å². The van der Waals surface area contributed by atoms with Crippen LogP contribution in [0.5, 0.6) is 0 Å². The molecule has 4 aliphatic rings. The third kappa shape index (κ3) is 3.41. The van der Waals surface area contributed by atoms with Crippen LogP contribution in [-0.2, 0) is 0 Å². The van der Waals surface area contributed by atoms with Crippen LogP contribution in [0.2, 0.25) is 10.6 Å². The molecule has 5 heteroatoms. The molecular formula is C30H49B2NS2. The zero-order valence-corrected chi connectivity index (χ0v) is 25.2. The van der Waals surface area contributed by atoms with Crippen molar-refractivity contribution in [2.75, 3.05) is 0 Å². The summed E-state index contributed by atoms with van der Waals surface area (Å²) < 4.78 is -0.820. The molecule has 0 bridgehead atoms. The standard InChI is InChI=1S/C30H49B2NS2/c1-8-22(19(2)3)10-9-20(4)27(34)18-21(5)30(32)26(27,7)15-16-28(31)25(6)13-12-24(33)17-23(25)11-14-29(28,30)35/h11,18-20,22,24,34-35H,8-10,12-17,33H2,1-7H3. The molecule has 2 fully saturated rings. The first kappa shape index (κ1) is 28.3. The summed E-state index contributed by atoms with van der Waals surface area (Å²) in [6, 6.07) is 0.239. The lowest BCUT2D eigenvalue weighted by atomic mass is 9.26. The first-order valence-electron chi connectivity index (χ1n) is 14.3. The lowest BCUT2D eigenvalue weighted by molar-refractivity contribution is 0.00547. The molecule has 0 spiro atoms. The molecule has 0 aromatic rings. The van der Waals surface area contributed by atoms with Gasteiger partial charge in [0.2, 0.25) is 0 Å². The van der Waals surface area contributed by atoms with Gasteiger partial charge in [-0.25, -0.2) is 0 Å². The van der Waals surface area contributed by atoms with E-state index in [4.69, 9.17) is 46.7 Å². The van der Waals surface area contributed by atoms with Gasteiger partial charge in [0.15, 0.2) is 0 Å². The van der Waals surface area contributed by atoms with E-state index in [1.165, 1.54) is 30.4 Å². The van der Waals surface area contributed by atoms with Crippen molar-refractivity contribution < 1.29 is 0 Å². The zero-order valence-electron chi connectivity index (χ0n) is 23.5. The number of allylic oxidation sites excluding steroid dienone is 2. The second-order valence-electron chi connectivity index (χ2n) is 13.8. The van der Waals surface area contributed by atoms with Crippen molar-refractivity contribution in [1.82, 2.24) is 0 Å². The van der Waals surface area contributed by atoms with Gasteiger partial charge in [0, 0.05) is 15.5 Å². The van der Waals surface area contributed by atoms with Crippen molar-refractivity contribution in [1.29, 1.82) is 0 Å². The molecule has 35 heavy (non-hydrogen) atoms. The summed E-state index contributed by atoms with van der Waals surface area (Å²) in [7, 11) is 15.4. The van der Waals surface area contributed by atoms with E-state index in [0.29, 0.717) is 11.8 Å². The molecule has 9 unspecified atom stereocenters. The molecule has 9 atom stereocenters. The summed E-state index contributed by atoms with van der Waals surface area (Å²) in [5.41, 5.74) is 8.74. The fourth-order valence-electron chi connectivity index (χ4n) is 9.33. The van der Waals surface area contributed by atoms with Crippen LogP contribution in [0.4, 0.5) is 0 Å². The van der Waals surface area contributed by atoms with Crippen molar-refractivity contribution in [2.45, 2.75) is 132 Å². The van der Waals surface area contributed by atoms with Crippen molar-refractivity contribution in [3.63, 3.8) is 0 Å². The SMILES string of the molecule is [B]C12CCC3(C)C(S)(C(C)CCC(CC)C(C)C)C=C(C)C3([B])C1(S)CC=C1CC(N)CCC12C. The Morgan fingerprint density at radius 2 is 1.74 bits per heavy atom. The molecule has 192 valence electrons. The maximum Gasteiger partial charge on any atom is 0.0833 e. The highest BCUT2D eigenvalue weighted by Crippen LogP contribution is 2.85. The molecule has 0 saturated heterocycles. The van der Waals surface area contributed by atoms with E-state index in [-0.39, 0.29) is 21.6 Å². The molecule has 0 aromatic heterocycles. The topological polar surface area (TPSA) is 26.0 Å². The molecule has 0 amide bonds. The number of rotatable bonds is 6. The quantitative estimate of drug-likeness (QED) is 0.191. The molecule has 2 saturated carbocycles. The van der Waals surface area contributed by atoms with E-state index >= 15 is 0 Å². The molecule has 2 N–H and O–H groups in total. The van der Waals surface area contributed by atoms with Gasteiger partial charge in [-0.05, 0) is 91.1 Å². The fraction of sp³-hybridized carbons (Fsp3) is 0.867. The highest BCUT2D eigenvalue weighted by Gasteiger charge is 2.76. The van der Waals surface area contributed by atoms with Crippen LogP contribution in [0.15, 0.2) is 23.3 Å². The number of thiol groups is 2. The van der Waals surface area contributed by atoms with Gasteiger partial charge in [-0.15, -0.1) is 0 Å². The summed E-state index contributed by atoms with van der Waals surface area (Å²) in [6.45, 7) is 16.5. The molecule has 4 radical (unpaired) electrons. The second-order valence-corrected chi connectivity index (χ2v) is 15.3. The lowest BCUT2D eigenvalue weighted by Gasteiger charge is -2.74. The third-order valence-corrected chi connectivity index (χ3v) is 14.2. The largest absolute Gasteiger partial charge is 0.327 e. The minimum Gasteiger partial charge on any atom is -0.327 e. The van der Waals surface area contributed by atoms with Crippen LogP contribution in [0.25, 0.3) is 0 Å². The van der Waals surface area contributed by atoms with Gasteiger partial charge in [-0.3, -0.25) is 0 Å².